The molecule has 0 unspecified atom stereocenters. The van der Waals surface area contributed by atoms with Crippen molar-refractivity contribution in [3.8, 4) is 11.5 Å². The molecule has 0 radical (unpaired) electrons. The van der Waals surface area contributed by atoms with Crippen molar-refractivity contribution < 1.29 is 28.2 Å². The first-order valence-electron chi connectivity index (χ1n) is 9.93. The van der Waals surface area contributed by atoms with Crippen LogP contribution in [0, 0.1) is 12.7 Å². The van der Waals surface area contributed by atoms with Crippen molar-refractivity contribution in [1.29, 1.82) is 0 Å². The largest absolute Gasteiger partial charge is 0.486 e. The van der Waals surface area contributed by atoms with Gasteiger partial charge in [0.1, 0.15) is 25.6 Å². The van der Waals surface area contributed by atoms with Crippen LogP contribution in [0.15, 0.2) is 46.7 Å². The molecule has 3 heterocycles. The van der Waals surface area contributed by atoms with E-state index in [1.807, 2.05) is 0 Å². The van der Waals surface area contributed by atoms with E-state index < -0.39 is 35.6 Å². The molecule has 2 atom stereocenters. The summed E-state index contributed by atoms with van der Waals surface area (Å²) in [6.07, 6.45) is 0. The number of imide groups is 1. The van der Waals surface area contributed by atoms with Crippen LogP contribution < -0.4 is 19.7 Å². The molecule has 0 saturated carbocycles. The van der Waals surface area contributed by atoms with Crippen LogP contribution in [0.3, 0.4) is 0 Å². The van der Waals surface area contributed by atoms with Crippen molar-refractivity contribution in [1.82, 2.24) is 5.01 Å². The standard InChI is InChI=1S/C21H18FN5O5/c1-11-2-3-12(8-14(11)22)23-17(28)10-26-19-18(24-25-26)20(29)27(21(19)30)13-4-5-15-16(9-13)32-7-6-31-15/h2-5,8-9,18-19H,6-7,10H2,1H3,(H,23,28)/t18-,19+/m1/s1. The summed E-state index contributed by atoms with van der Waals surface area (Å²) in [6.45, 7) is 2.08. The number of nitrogens with one attached hydrogen (secondary N) is 1. The average molecular weight is 439 g/mol. The minimum Gasteiger partial charge on any atom is -0.486 e. The number of halogens is 1. The maximum Gasteiger partial charge on any atom is 0.263 e. The predicted octanol–water partition coefficient (Wildman–Crippen LogP) is 1.84. The summed E-state index contributed by atoms with van der Waals surface area (Å²) in [4.78, 5) is 39.4. The molecule has 0 aliphatic carbocycles. The third kappa shape index (κ3) is 3.31. The molecule has 1 fully saturated rings. The molecule has 32 heavy (non-hydrogen) atoms. The number of aryl methyl sites for hydroxylation is 1. The van der Waals surface area contributed by atoms with E-state index in [1.165, 1.54) is 11.1 Å². The zero-order valence-electron chi connectivity index (χ0n) is 16.9. The lowest BCUT2D eigenvalue weighted by atomic mass is 10.1. The maximum absolute atomic E-state index is 13.7. The number of benzene rings is 2. The fourth-order valence-electron chi connectivity index (χ4n) is 3.80. The molecule has 0 aromatic heterocycles. The van der Waals surface area contributed by atoms with E-state index >= 15 is 0 Å². The molecular weight excluding hydrogens is 421 g/mol. The van der Waals surface area contributed by atoms with E-state index in [-0.39, 0.29) is 12.2 Å². The first-order chi connectivity index (χ1) is 15.4. The van der Waals surface area contributed by atoms with Crippen LogP contribution in [-0.2, 0) is 14.4 Å². The molecular formula is C21H18FN5O5. The van der Waals surface area contributed by atoms with Gasteiger partial charge in [0, 0.05) is 11.8 Å². The lowest BCUT2D eigenvalue weighted by Gasteiger charge is -2.22. The highest BCUT2D eigenvalue weighted by Crippen LogP contribution is 2.37. The third-order valence-electron chi connectivity index (χ3n) is 5.40. The second-order valence-corrected chi connectivity index (χ2v) is 7.54. The van der Waals surface area contributed by atoms with Crippen molar-refractivity contribution in [2.45, 2.75) is 19.0 Å². The van der Waals surface area contributed by atoms with Crippen molar-refractivity contribution in [2.75, 3.05) is 30.0 Å². The molecule has 3 amide bonds. The summed E-state index contributed by atoms with van der Waals surface area (Å²) < 4.78 is 24.7. The van der Waals surface area contributed by atoms with Gasteiger partial charge in [-0.2, -0.15) is 5.11 Å². The predicted molar refractivity (Wildman–Crippen MR) is 109 cm³/mol. The molecule has 11 heteroatoms. The zero-order valence-corrected chi connectivity index (χ0v) is 16.9. The van der Waals surface area contributed by atoms with E-state index in [0.717, 1.165) is 4.90 Å². The lowest BCUT2D eigenvalue weighted by molar-refractivity contribution is -0.123. The van der Waals surface area contributed by atoms with Crippen molar-refractivity contribution >= 4 is 29.1 Å². The summed E-state index contributed by atoms with van der Waals surface area (Å²) in [5.41, 5.74) is 1.05. The Morgan fingerprint density at radius 2 is 1.91 bits per heavy atom. The second-order valence-electron chi connectivity index (χ2n) is 7.54. The number of hydrogen-bond acceptors (Lipinski definition) is 8. The summed E-state index contributed by atoms with van der Waals surface area (Å²) >= 11 is 0. The first-order valence-corrected chi connectivity index (χ1v) is 9.93. The van der Waals surface area contributed by atoms with Gasteiger partial charge in [-0.15, -0.1) is 0 Å². The van der Waals surface area contributed by atoms with Crippen molar-refractivity contribution in [3.63, 3.8) is 0 Å². The van der Waals surface area contributed by atoms with Crippen LogP contribution in [0.2, 0.25) is 0 Å². The first kappa shape index (κ1) is 19.9. The van der Waals surface area contributed by atoms with Gasteiger partial charge < -0.3 is 14.8 Å². The van der Waals surface area contributed by atoms with Gasteiger partial charge in [-0.1, -0.05) is 11.3 Å². The van der Waals surface area contributed by atoms with Crippen LogP contribution in [0.1, 0.15) is 5.56 Å². The number of fused-ring (bicyclic) bond motifs is 2. The Hall–Kier alpha value is -4.02. The quantitative estimate of drug-likeness (QED) is 0.728. The molecule has 0 bridgehead atoms. The van der Waals surface area contributed by atoms with Crippen LogP contribution in [0.4, 0.5) is 15.8 Å². The molecule has 2 aromatic carbocycles. The van der Waals surface area contributed by atoms with E-state index in [4.69, 9.17) is 9.47 Å². The van der Waals surface area contributed by atoms with E-state index in [9.17, 15) is 18.8 Å². The third-order valence-corrected chi connectivity index (χ3v) is 5.40. The number of nitrogens with zero attached hydrogens (tertiary/aromatic N) is 4. The van der Waals surface area contributed by atoms with Crippen molar-refractivity contribution in [3.05, 3.63) is 47.8 Å². The fraction of sp³-hybridized carbons (Fsp3) is 0.286. The van der Waals surface area contributed by atoms with Crippen molar-refractivity contribution in [2.24, 2.45) is 10.3 Å². The van der Waals surface area contributed by atoms with Gasteiger partial charge in [0.25, 0.3) is 11.8 Å². The second kappa shape index (κ2) is 7.59. The number of anilines is 2. The van der Waals surface area contributed by atoms with E-state index in [2.05, 4.69) is 15.7 Å². The molecule has 3 aliphatic heterocycles. The fourth-order valence-corrected chi connectivity index (χ4v) is 3.80. The summed E-state index contributed by atoms with van der Waals surface area (Å²) in [7, 11) is 0. The van der Waals surface area contributed by atoms with Crippen LogP contribution in [-0.4, -0.2) is 54.6 Å². The van der Waals surface area contributed by atoms with Crippen LogP contribution in [0.5, 0.6) is 11.5 Å². The van der Waals surface area contributed by atoms with Gasteiger partial charge in [0.15, 0.2) is 23.6 Å². The lowest BCUT2D eigenvalue weighted by Crippen LogP contribution is -2.43. The molecule has 1 saturated heterocycles. The molecule has 5 rings (SSSR count). The van der Waals surface area contributed by atoms with E-state index in [1.54, 1.807) is 37.3 Å². The molecule has 3 aliphatic rings. The van der Waals surface area contributed by atoms with Gasteiger partial charge in [-0.05, 0) is 36.8 Å². The Bertz CT molecular complexity index is 1170. The molecule has 0 spiro atoms. The Morgan fingerprint density at radius 3 is 2.69 bits per heavy atom. The Morgan fingerprint density at radius 1 is 1.12 bits per heavy atom. The smallest absolute Gasteiger partial charge is 0.263 e. The van der Waals surface area contributed by atoms with Gasteiger partial charge in [0.05, 0.1) is 5.69 Å². The van der Waals surface area contributed by atoms with Crippen LogP contribution >= 0.6 is 0 Å². The Kier molecular flexibility index (Phi) is 4.72. The Balaban J connectivity index is 1.31. The minimum absolute atomic E-state index is 0.275. The highest BCUT2D eigenvalue weighted by Gasteiger charge is 2.55. The maximum atomic E-state index is 13.7. The summed E-state index contributed by atoms with van der Waals surface area (Å²) in [5, 5.41) is 11.5. The van der Waals surface area contributed by atoms with Gasteiger partial charge in [-0.3, -0.25) is 19.4 Å². The Labute approximate surface area is 181 Å². The van der Waals surface area contributed by atoms with E-state index in [0.29, 0.717) is 36.0 Å². The molecule has 1 N–H and O–H groups in total. The SMILES string of the molecule is Cc1ccc(NC(=O)CN2N=N[C@H]3C(=O)N(c4ccc5c(c4)OCCO5)C(=O)[C@H]32)cc1F. The number of ether oxygens (including phenoxy) is 2. The highest BCUT2D eigenvalue weighted by atomic mass is 19.1. The molecule has 164 valence electrons. The average Bonchev–Trinajstić information content (AvgIpc) is 3.29. The van der Waals surface area contributed by atoms with Gasteiger partial charge in [0.2, 0.25) is 5.91 Å². The normalized spacial score (nSPS) is 21.2. The van der Waals surface area contributed by atoms with Gasteiger partial charge >= 0.3 is 0 Å². The summed E-state index contributed by atoms with van der Waals surface area (Å²) in [6, 6.07) is 7.02. The molecule has 2 aromatic rings. The zero-order chi connectivity index (χ0) is 22.4. The minimum atomic E-state index is -1.04. The van der Waals surface area contributed by atoms with Crippen LogP contribution in [0.25, 0.3) is 0 Å². The number of rotatable bonds is 4. The molecule has 10 nitrogen and oxygen atoms in total. The topological polar surface area (TPSA) is 113 Å². The van der Waals surface area contributed by atoms with Gasteiger partial charge in [-0.25, -0.2) is 9.29 Å². The number of carbonyl (C=O) groups excluding carboxylic acids is 3. The number of amides is 3. The number of carbonyl (C=O) groups is 3. The summed E-state index contributed by atoms with van der Waals surface area (Å²) in [5.74, 6) is -1.08. The monoisotopic (exact) mass is 439 g/mol. The number of hydrogen-bond donors (Lipinski definition) is 1. The highest BCUT2D eigenvalue weighted by molar-refractivity contribution is 6.25.